The summed E-state index contributed by atoms with van der Waals surface area (Å²) < 4.78 is 10.7. The van der Waals surface area contributed by atoms with E-state index in [-0.39, 0.29) is 5.75 Å². The van der Waals surface area contributed by atoms with Crippen LogP contribution in [0, 0.1) is 0 Å². The first-order chi connectivity index (χ1) is 12.5. The van der Waals surface area contributed by atoms with Crippen molar-refractivity contribution >= 4 is 22.4 Å². The molecule has 3 rings (SSSR count). The Balaban J connectivity index is 1.73. The van der Waals surface area contributed by atoms with Crippen molar-refractivity contribution in [2.75, 3.05) is 11.9 Å². The molecule has 2 aromatic rings. The normalized spacial score (nSPS) is 28.5. The lowest BCUT2D eigenvalue weighted by molar-refractivity contribution is -0.231. The zero-order valence-electron chi connectivity index (χ0n) is 13.6. The lowest BCUT2D eigenvalue weighted by Gasteiger charge is -2.40. The van der Waals surface area contributed by atoms with Crippen molar-refractivity contribution in [2.24, 2.45) is 0 Å². The molecule has 1 amide bonds. The number of anilines is 1. The van der Waals surface area contributed by atoms with Gasteiger partial charge in [0.1, 0.15) is 36.3 Å². The van der Waals surface area contributed by atoms with Gasteiger partial charge in [-0.1, -0.05) is 12.1 Å². The van der Waals surface area contributed by atoms with Gasteiger partial charge in [0.05, 0.1) is 11.6 Å². The number of hydrogen-bond acceptors (Lipinski definition) is 8. The summed E-state index contributed by atoms with van der Waals surface area (Å²) in [5, 5.41) is 44.2. The Hall–Kier alpha value is -2.01. The topological polar surface area (TPSA) is 128 Å². The molecular formula is C17H19NO7S. The maximum atomic E-state index is 11.9. The summed E-state index contributed by atoms with van der Waals surface area (Å²) in [6.45, 7) is -0.513. The Morgan fingerprint density at radius 1 is 1.15 bits per heavy atom. The Labute approximate surface area is 153 Å². The molecule has 1 aliphatic rings. The van der Waals surface area contributed by atoms with Crippen molar-refractivity contribution in [3.05, 3.63) is 47.3 Å². The van der Waals surface area contributed by atoms with E-state index in [4.69, 9.17) is 9.47 Å². The highest BCUT2D eigenvalue weighted by molar-refractivity contribution is 7.14. The monoisotopic (exact) mass is 381 g/mol. The Morgan fingerprint density at radius 3 is 2.65 bits per heavy atom. The van der Waals surface area contributed by atoms with Crippen LogP contribution >= 0.6 is 11.3 Å². The van der Waals surface area contributed by atoms with Gasteiger partial charge in [-0.05, 0) is 35.2 Å². The first-order valence-corrected chi connectivity index (χ1v) is 8.80. The second kappa shape index (κ2) is 8.12. The van der Waals surface area contributed by atoms with E-state index in [1.165, 1.54) is 17.4 Å². The summed E-state index contributed by atoms with van der Waals surface area (Å²) in [5.74, 6) is 0.216. The van der Waals surface area contributed by atoms with E-state index in [0.717, 1.165) is 0 Å². The summed E-state index contributed by atoms with van der Waals surface area (Å²) >= 11 is 1.35. The van der Waals surface area contributed by atoms with Gasteiger partial charge in [-0.2, -0.15) is 0 Å². The van der Waals surface area contributed by atoms with Crippen molar-refractivity contribution in [1.82, 2.24) is 0 Å². The van der Waals surface area contributed by atoms with Gasteiger partial charge in [-0.15, -0.1) is 11.3 Å². The number of nitrogens with one attached hydrogen (secondary N) is 1. The van der Waals surface area contributed by atoms with Crippen molar-refractivity contribution in [1.29, 1.82) is 0 Å². The Morgan fingerprint density at radius 2 is 1.96 bits per heavy atom. The van der Waals surface area contributed by atoms with Crippen LogP contribution in [0.4, 0.5) is 9.80 Å². The molecule has 2 heterocycles. The van der Waals surface area contributed by atoms with Crippen molar-refractivity contribution in [2.45, 2.75) is 30.5 Å². The number of benzene rings is 1. The maximum Gasteiger partial charge on any atom is 0.417 e. The van der Waals surface area contributed by atoms with Crippen LogP contribution in [0.5, 0.6) is 5.75 Å². The van der Waals surface area contributed by atoms with Gasteiger partial charge in [0.25, 0.3) is 0 Å². The van der Waals surface area contributed by atoms with E-state index in [1.54, 1.807) is 30.3 Å². The lowest BCUT2D eigenvalue weighted by Crippen LogP contribution is -2.55. The smallest absolute Gasteiger partial charge is 0.410 e. The number of thiophene rings is 1. The molecule has 5 N–H and O–H groups in total. The van der Waals surface area contributed by atoms with Crippen LogP contribution < -0.4 is 10.1 Å². The second-order valence-electron chi connectivity index (χ2n) is 5.81. The molecule has 1 aliphatic heterocycles. The molecule has 1 fully saturated rings. The number of amides is 1. The van der Waals surface area contributed by atoms with Crippen molar-refractivity contribution in [3.8, 4) is 5.75 Å². The predicted molar refractivity (Wildman–Crippen MR) is 93.1 cm³/mol. The van der Waals surface area contributed by atoms with Crippen LogP contribution in [0.25, 0.3) is 0 Å². The van der Waals surface area contributed by atoms with Crippen molar-refractivity contribution in [3.63, 3.8) is 0 Å². The van der Waals surface area contributed by atoms with Gasteiger partial charge in [0.2, 0.25) is 0 Å². The number of ether oxygens (including phenoxy) is 2. The van der Waals surface area contributed by atoms with Gasteiger partial charge in [-0.3, -0.25) is 5.32 Å². The number of aliphatic hydroxyl groups is 4. The standard InChI is InChI=1S/C17H19NO7S/c19-8-11-13(20)14(21)15(22)16(25-11)9-3-1-4-10(7-9)24-17(23)18-12-5-2-6-26-12/h1-7,11,13-16,19-22H,8H2,(H,18,23)/t11-,13-,14+,15+,16-/m1/s1. The fourth-order valence-corrected chi connectivity index (χ4v) is 3.32. The van der Waals surface area contributed by atoms with Crippen LogP contribution in [0.2, 0.25) is 0 Å². The van der Waals surface area contributed by atoms with E-state index >= 15 is 0 Å². The summed E-state index contributed by atoms with van der Waals surface area (Å²) in [4.78, 5) is 11.9. The predicted octanol–water partition coefficient (Wildman–Crippen LogP) is 0.874. The number of carbonyl (C=O) groups is 1. The Bertz CT molecular complexity index is 736. The number of hydrogen-bond donors (Lipinski definition) is 5. The number of rotatable bonds is 4. The molecule has 0 unspecified atom stereocenters. The Kier molecular flexibility index (Phi) is 5.87. The molecule has 26 heavy (non-hydrogen) atoms. The quantitative estimate of drug-likeness (QED) is 0.532. The van der Waals surface area contributed by atoms with Crippen LogP contribution in [0.1, 0.15) is 11.7 Å². The first-order valence-electron chi connectivity index (χ1n) is 7.92. The van der Waals surface area contributed by atoms with Gasteiger partial charge >= 0.3 is 6.09 Å². The zero-order chi connectivity index (χ0) is 18.7. The molecule has 0 radical (unpaired) electrons. The minimum absolute atomic E-state index is 0.216. The van der Waals surface area contributed by atoms with Crippen molar-refractivity contribution < 1.29 is 34.7 Å². The molecule has 0 spiro atoms. The molecule has 9 heteroatoms. The van der Waals surface area contributed by atoms with Gasteiger partial charge < -0.3 is 29.9 Å². The van der Waals surface area contributed by atoms with Gasteiger partial charge in [0, 0.05) is 0 Å². The molecule has 140 valence electrons. The third-order valence-electron chi connectivity index (χ3n) is 4.04. The fraction of sp³-hybridized carbons (Fsp3) is 0.353. The molecule has 0 aliphatic carbocycles. The highest BCUT2D eigenvalue weighted by atomic mass is 32.1. The number of carbonyl (C=O) groups excluding carboxylic acids is 1. The zero-order valence-corrected chi connectivity index (χ0v) is 14.4. The van der Waals surface area contributed by atoms with E-state index in [2.05, 4.69) is 5.32 Å². The van der Waals surface area contributed by atoms with Crippen LogP contribution in [-0.4, -0.2) is 57.5 Å². The molecule has 1 aromatic heterocycles. The lowest BCUT2D eigenvalue weighted by atomic mass is 9.91. The summed E-state index contributed by atoms with van der Waals surface area (Å²) in [5.41, 5.74) is 0.434. The average molecular weight is 381 g/mol. The first kappa shape index (κ1) is 18.8. The van der Waals surface area contributed by atoms with E-state index in [9.17, 15) is 25.2 Å². The van der Waals surface area contributed by atoms with Gasteiger partial charge in [-0.25, -0.2) is 4.79 Å². The highest BCUT2D eigenvalue weighted by Gasteiger charge is 2.43. The minimum Gasteiger partial charge on any atom is -0.410 e. The second-order valence-corrected chi connectivity index (χ2v) is 6.76. The number of aliphatic hydroxyl groups excluding tert-OH is 4. The van der Waals surface area contributed by atoms with Crippen LogP contribution in [0.3, 0.4) is 0 Å². The molecule has 8 nitrogen and oxygen atoms in total. The van der Waals surface area contributed by atoms with Crippen LogP contribution in [0.15, 0.2) is 41.8 Å². The van der Waals surface area contributed by atoms with Gasteiger partial charge in [0.15, 0.2) is 0 Å². The fourth-order valence-electron chi connectivity index (χ4n) is 2.71. The van der Waals surface area contributed by atoms with Crippen LogP contribution in [-0.2, 0) is 4.74 Å². The molecule has 0 bridgehead atoms. The maximum absolute atomic E-state index is 11.9. The van der Waals surface area contributed by atoms with E-state index in [1.807, 2.05) is 5.38 Å². The molecule has 1 aromatic carbocycles. The van der Waals surface area contributed by atoms with E-state index < -0.39 is 43.2 Å². The third-order valence-corrected chi connectivity index (χ3v) is 4.82. The molecular weight excluding hydrogens is 362 g/mol. The SMILES string of the molecule is O=C(Nc1cccs1)Oc1cccc([C@H]2O[C@H](CO)[C@@H](O)[C@H](O)[C@@H]2O)c1. The third kappa shape index (κ3) is 4.04. The molecule has 1 saturated heterocycles. The minimum atomic E-state index is -1.47. The average Bonchev–Trinajstić information content (AvgIpc) is 3.13. The molecule has 0 saturated carbocycles. The molecule has 5 atom stereocenters. The summed E-state index contributed by atoms with van der Waals surface area (Å²) in [7, 11) is 0. The van der Waals surface area contributed by atoms with E-state index in [0.29, 0.717) is 10.6 Å². The summed E-state index contributed by atoms with van der Waals surface area (Å²) in [6.07, 6.45) is -6.97. The highest BCUT2D eigenvalue weighted by Crippen LogP contribution is 2.33. The summed E-state index contributed by atoms with van der Waals surface area (Å²) in [6, 6.07) is 9.79. The largest absolute Gasteiger partial charge is 0.417 e.